The van der Waals surface area contributed by atoms with Crippen molar-refractivity contribution >= 4 is 17.8 Å². The third-order valence-electron chi connectivity index (χ3n) is 3.69. The zero-order valence-electron chi connectivity index (χ0n) is 12.1. The van der Waals surface area contributed by atoms with E-state index in [4.69, 9.17) is 0 Å². The van der Waals surface area contributed by atoms with Crippen LogP contribution in [0.15, 0.2) is 60.9 Å². The summed E-state index contributed by atoms with van der Waals surface area (Å²) < 4.78 is 0. The quantitative estimate of drug-likeness (QED) is 0.814. The minimum atomic E-state index is -0.317. The van der Waals surface area contributed by atoms with Crippen molar-refractivity contribution in [3.63, 3.8) is 0 Å². The first-order valence-corrected chi connectivity index (χ1v) is 7.22. The van der Waals surface area contributed by atoms with Gasteiger partial charge in [-0.3, -0.25) is 14.6 Å². The Balaban J connectivity index is 1.68. The predicted octanol–water partition coefficient (Wildman–Crippen LogP) is 2.78. The van der Waals surface area contributed by atoms with E-state index in [2.05, 4.69) is 4.98 Å². The second-order valence-corrected chi connectivity index (χ2v) is 5.25. The Morgan fingerprint density at radius 2 is 1.91 bits per heavy atom. The van der Waals surface area contributed by atoms with Crippen molar-refractivity contribution in [1.82, 2.24) is 9.88 Å². The van der Waals surface area contributed by atoms with Crippen LogP contribution in [0, 0.1) is 5.92 Å². The van der Waals surface area contributed by atoms with Crippen LogP contribution in [0.5, 0.6) is 0 Å². The minimum absolute atomic E-state index is 0.0264. The molecular formula is C18H16N2O2. The second-order valence-electron chi connectivity index (χ2n) is 5.25. The first kappa shape index (κ1) is 14.2. The molecule has 2 aromatic rings. The average Bonchev–Trinajstić information content (AvgIpc) is 2.95. The first-order valence-electron chi connectivity index (χ1n) is 7.22. The topological polar surface area (TPSA) is 50.3 Å². The molecule has 110 valence electrons. The molecule has 0 saturated carbocycles. The summed E-state index contributed by atoms with van der Waals surface area (Å²) in [5.41, 5.74) is 1.45. The number of hydrogen-bond acceptors (Lipinski definition) is 3. The van der Waals surface area contributed by atoms with Crippen molar-refractivity contribution in [1.29, 1.82) is 0 Å². The van der Waals surface area contributed by atoms with E-state index in [0.717, 1.165) is 5.56 Å². The van der Waals surface area contributed by atoms with Crippen molar-refractivity contribution in [2.45, 2.75) is 6.42 Å². The normalized spacial score (nSPS) is 18.1. The lowest BCUT2D eigenvalue weighted by atomic mass is 10.0. The van der Waals surface area contributed by atoms with E-state index in [0.29, 0.717) is 12.2 Å². The van der Waals surface area contributed by atoms with Crippen LogP contribution < -0.4 is 0 Å². The molecule has 1 saturated heterocycles. The van der Waals surface area contributed by atoms with Gasteiger partial charge >= 0.3 is 0 Å². The number of carbonyl (C=O) groups is 2. The summed E-state index contributed by atoms with van der Waals surface area (Å²) in [6.07, 6.45) is 5.47. The lowest BCUT2D eigenvalue weighted by Gasteiger charge is -2.10. The summed E-state index contributed by atoms with van der Waals surface area (Å²) in [4.78, 5) is 30.1. The number of pyridine rings is 1. The lowest BCUT2D eigenvalue weighted by molar-refractivity contribution is -0.125. The summed E-state index contributed by atoms with van der Waals surface area (Å²) in [5.74, 6) is -0.408. The first-order chi connectivity index (χ1) is 10.7. The summed E-state index contributed by atoms with van der Waals surface area (Å²) in [5, 5.41) is 0. The number of carbonyl (C=O) groups excluding carboxylic acids is 2. The maximum atomic E-state index is 12.3. The van der Waals surface area contributed by atoms with Crippen LogP contribution >= 0.6 is 0 Å². The molecule has 0 spiro atoms. The lowest BCUT2D eigenvalue weighted by Crippen LogP contribution is -2.21. The maximum absolute atomic E-state index is 12.3. The highest BCUT2D eigenvalue weighted by Crippen LogP contribution is 2.22. The molecule has 1 atom stereocenters. The Morgan fingerprint density at radius 1 is 1.14 bits per heavy atom. The van der Waals surface area contributed by atoms with Gasteiger partial charge in [0.05, 0.1) is 5.92 Å². The van der Waals surface area contributed by atoms with E-state index in [1.165, 1.54) is 0 Å². The molecule has 1 amide bonds. The molecule has 2 heterocycles. The molecule has 3 rings (SSSR count). The number of rotatable bonds is 4. The van der Waals surface area contributed by atoms with Gasteiger partial charge in [0.15, 0.2) is 5.78 Å². The fourth-order valence-electron chi connectivity index (χ4n) is 2.51. The Kier molecular flexibility index (Phi) is 4.10. The van der Waals surface area contributed by atoms with Gasteiger partial charge in [-0.15, -0.1) is 0 Å². The highest BCUT2D eigenvalue weighted by molar-refractivity contribution is 6.00. The van der Waals surface area contributed by atoms with Crippen molar-refractivity contribution in [3.05, 3.63) is 72.2 Å². The van der Waals surface area contributed by atoms with Gasteiger partial charge in [-0.25, -0.2) is 0 Å². The highest BCUT2D eigenvalue weighted by Gasteiger charge is 2.34. The molecule has 0 N–H and O–H groups in total. The van der Waals surface area contributed by atoms with Crippen molar-refractivity contribution in [2.75, 3.05) is 6.54 Å². The Morgan fingerprint density at radius 3 is 2.64 bits per heavy atom. The largest absolute Gasteiger partial charge is 0.318 e. The third-order valence-corrected chi connectivity index (χ3v) is 3.69. The Labute approximate surface area is 129 Å². The van der Waals surface area contributed by atoms with Gasteiger partial charge in [-0.05, 0) is 23.8 Å². The standard InChI is InChI=1S/C18H16N2O2/c21-17-12-15(18(22)16-8-4-5-10-19-16)13-20(17)11-9-14-6-2-1-3-7-14/h1-11,15H,12-13H2/t15-/m1/s1. The van der Waals surface area contributed by atoms with E-state index in [1.807, 2.05) is 36.4 Å². The van der Waals surface area contributed by atoms with Crippen LogP contribution in [0.2, 0.25) is 0 Å². The fraction of sp³-hybridized carbons (Fsp3) is 0.167. The minimum Gasteiger partial charge on any atom is -0.318 e. The van der Waals surface area contributed by atoms with Crippen LogP contribution in [-0.2, 0) is 4.79 Å². The molecule has 1 aromatic carbocycles. The number of amides is 1. The van der Waals surface area contributed by atoms with Gasteiger partial charge in [0.2, 0.25) is 5.91 Å². The summed E-state index contributed by atoms with van der Waals surface area (Å²) in [6, 6.07) is 15.0. The molecule has 1 aliphatic rings. The molecule has 0 bridgehead atoms. The smallest absolute Gasteiger partial charge is 0.227 e. The van der Waals surface area contributed by atoms with Gasteiger partial charge in [0.25, 0.3) is 0 Å². The van der Waals surface area contributed by atoms with Crippen LogP contribution in [0.3, 0.4) is 0 Å². The molecular weight excluding hydrogens is 276 g/mol. The molecule has 1 aromatic heterocycles. The number of aromatic nitrogens is 1. The van der Waals surface area contributed by atoms with Crippen LogP contribution in [0.1, 0.15) is 22.5 Å². The zero-order chi connectivity index (χ0) is 15.4. The molecule has 4 heteroatoms. The van der Waals surface area contributed by atoms with E-state index in [9.17, 15) is 9.59 Å². The van der Waals surface area contributed by atoms with E-state index >= 15 is 0 Å². The second kappa shape index (κ2) is 6.35. The summed E-state index contributed by atoms with van der Waals surface area (Å²) >= 11 is 0. The molecule has 0 unspecified atom stereocenters. The molecule has 4 nitrogen and oxygen atoms in total. The number of nitrogens with zero attached hydrogens (tertiary/aromatic N) is 2. The number of Topliss-reactive ketones (excluding diaryl/α,β-unsaturated/α-hetero) is 1. The number of benzene rings is 1. The van der Waals surface area contributed by atoms with Gasteiger partial charge in [0, 0.05) is 25.4 Å². The van der Waals surface area contributed by atoms with Crippen LogP contribution in [0.4, 0.5) is 0 Å². The van der Waals surface area contributed by atoms with E-state index in [-0.39, 0.29) is 24.0 Å². The Hall–Kier alpha value is -2.75. The molecule has 1 fully saturated rings. The van der Waals surface area contributed by atoms with E-state index in [1.54, 1.807) is 35.5 Å². The van der Waals surface area contributed by atoms with Crippen LogP contribution in [-0.4, -0.2) is 28.1 Å². The summed E-state index contributed by atoms with van der Waals surface area (Å²) in [7, 11) is 0. The fourth-order valence-corrected chi connectivity index (χ4v) is 2.51. The van der Waals surface area contributed by atoms with E-state index < -0.39 is 0 Å². The maximum Gasteiger partial charge on any atom is 0.227 e. The molecule has 0 aliphatic carbocycles. The van der Waals surface area contributed by atoms with Gasteiger partial charge in [0.1, 0.15) is 5.69 Å². The SMILES string of the molecule is O=C(c1ccccn1)[C@@H]1CC(=O)N(C=Cc2ccccc2)C1. The predicted molar refractivity (Wildman–Crippen MR) is 83.9 cm³/mol. The Bertz CT molecular complexity index is 696. The number of hydrogen-bond donors (Lipinski definition) is 0. The zero-order valence-corrected chi connectivity index (χ0v) is 12.1. The van der Waals surface area contributed by atoms with Gasteiger partial charge in [-0.2, -0.15) is 0 Å². The van der Waals surface area contributed by atoms with Gasteiger partial charge in [-0.1, -0.05) is 36.4 Å². The monoisotopic (exact) mass is 292 g/mol. The molecule has 1 aliphatic heterocycles. The van der Waals surface area contributed by atoms with Crippen molar-refractivity contribution in [2.24, 2.45) is 5.92 Å². The van der Waals surface area contributed by atoms with Gasteiger partial charge < -0.3 is 4.90 Å². The third kappa shape index (κ3) is 3.11. The van der Waals surface area contributed by atoms with Crippen molar-refractivity contribution < 1.29 is 9.59 Å². The summed E-state index contributed by atoms with van der Waals surface area (Å²) in [6.45, 7) is 0.414. The average molecular weight is 292 g/mol. The number of likely N-dealkylation sites (tertiary alicyclic amines) is 1. The molecule has 22 heavy (non-hydrogen) atoms. The molecule has 0 radical (unpaired) electrons. The van der Waals surface area contributed by atoms with Crippen LogP contribution in [0.25, 0.3) is 6.08 Å². The van der Waals surface area contributed by atoms with Crippen molar-refractivity contribution in [3.8, 4) is 0 Å². The highest BCUT2D eigenvalue weighted by atomic mass is 16.2. The number of ketones is 1.